The largest absolute Gasteiger partial charge is 0.375 e. The number of rotatable bonds is 4. The van der Waals surface area contributed by atoms with Crippen molar-refractivity contribution < 1.29 is 13.5 Å². The molecular weight excluding hydrogens is 412 g/mol. The van der Waals surface area contributed by atoms with Gasteiger partial charge < -0.3 is 14.5 Å². The number of nitrogens with one attached hydrogen (secondary N) is 1. The summed E-state index contributed by atoms with van der Waals surface area (Å²) >= 11 is 6.11. The highest BCUT2D eigenvalue weighted by molar-refractivity contribution is 6.30. The predicted molar refractivity (Wildman–Crippen MR) is 109 cm³/mol. The van der Waals surface area contributed by atoms with Crippen LogP contribution < -0.4 is 5.32 Å². The fourth-order valence-corrected chi connectivity index (χ4v) is 3.93. The van der Waals surface area contributed by atoms with Crippen LogP contribution in [0.4, 0.5) is 8.78 Å². The molecule has 4 heterocycles. The van der Waals surface area contributed by atoms with Crippen LogP contribution in [-0.4, -0.2) is 45.0 Å². The molecule has 0 aliphatic carbocycles. The van der Waals surface area contributed by atoms with E-state index in [4.69, 9.17) is 16.3 Å². The van der Waals surface area contributed by atoms with E-state index in [1.807, 2.05) is 0 Å². The Hall–Kier alpha value is -2.81. The number of hydrogen-bond acceptors (Lipinski definition) is 4. The molecule has 0 spiro atoms. The number of benzene rings is 1. The summed E-state index contributed by atoms with van der Waals surface area (Å²) < 4.78 is 39.3. The van der Waals surface area contributed by atoms with Crippen molar-refractivity contribution in [1.29, 1.82) is 0 Å². The molecule has 0 amide bonds. The smallest absolute Gasteiger partial charge is 0.139 e. The van der Waals surface area contributed by atoms with Crippen LogP contribution in [0.1, 0.15) is 5.69 Å². The van der Waals surface area contributed by atoms with E-state index in [2.05, 4.69) is 15.4 Å². The molecule has 4 aromatic rings. The first kappa shape index (κ1) is 19.2. The van der Waals surface area contributed by atoms with Gasteiger partial charge in [0.2, 0.25) is 0 Å². The average molecular weight is 430 g/mol. The van der Waals surface area contributed by atoms with Crippen LogP contribution in [0.2, 0.25) is 5.02 Å². The van der Waals surface area contributed by atoms with Gasteiger partial charge in [-0.1, -0.05) is 11.6 Å². The fraction of sp³-hybridized carbons (Fsp3) is 0.238. The Bertz CT molecular complexity index is 1180. The summed E-state index contributed by atoms with van der Waals surface area (Å²) in [4.78, 5) is 4.52. The number of nitrogens with zero attached hydrogens (tertiary/aromatic N) is 4. The van der Waals surface area contributed by atoms with Gasteiger partial charge >= 0.3 is 0 Å². The highest BCUT2D eigenvalue weighted by Crippen LogP contribution is 2.32. The Morgan fingerprint density at radius 2 is 2.03 bits per heavy atom. The van der Waals surface area contributed by atoms with Gasteiger partial charge in [-0.2, -0.15) is 5.10 Å². The maximum absolute atomic E-state index is 15.2. The highest BCUT2D eigenvalue weighted by atomic mass is 35.5. The molecule has 1 aliphatic rings. The lowest BCUT2D eigenvalue weighted by Gasteiger charge is -2.24. The van der Waals surface area contributed by atoms with Crippen molar-refractivity contribution in [2.24, 2.45) is 0 Å². The third-order valence-corrected chi connectivity index (χ3v) is 5.38. The predicted octanol–water partition coefficient (Wildman–Crippen LogP) is 3.65. The molecule has 9 heteroatoms. The molecule has 1 unspecified atom stereocenters. The molecule has 1 aliphatic heterocycles. The number of morpholine rings is 1. The number of pyridine rings is 1. The Morgan fingerprint density at radius 3 is 2.73 bits per heavy atom. The first-order chi connectivity index (χ1) is 14.6. The van der Waals surface area contributed by atoms with Crippen LogP contribution in [0.25, 0.3) is 22.6 Å². The zero-order valence-electron chi connectivity index (χ0n) is 15.9. The molecule has 0 saturated carbocycles. The molecule has 1 atom stereocenters. The number of halogens is 3. The molecule has 0 bridgehead atoms. The number of imidazole rings is 1. The van der Waals surface area contributed by atoms with E-state index in [1.54, 1.807) is 41.2 Å². The van der Waals surface area contributed by atoms with Crippen molar-refractivity contribution in [2.75, 3.05) is 19.7 Å². The lowest BCUT2D eigenvalue weighted by Crippen LogP contribution is -2.39. The summed E-state index contributed by atoms with van der Waals surface area (Å²) in [6, 6.07) is 7.58. The number of hydrogen-bond donors (Lipinski definition) is 1. The Labute approximate surface area is 176 Å². The number of fused-ring (bicyclic) bond motifs is 1. The van der Waals surface area contributed by atoms with Crippen LogP contribution in [0.3, 0.4) is 0 Å². The minimum Gasteiger partial charge on any atom is -0.375 e. The monoisotopic (exact) mass is 429 g/mol. The minimum atomic E-state index is -0.709. The van der Waals surface area contributed by atoms with Crippen molar-refractivity contribution in [3.8, 4) is 16.9 Å². The van der Waals surface area contributed by atoms with Gasteiger partial charge in [-0.25, -0.2) is 18.4 Å². The van der Waals surface area contributed by atoms with E-state index in [0.29, 0.717) is 41.6 Å². The molecule has 1 aromatic carbocycles. The van der Waals surface area contributed by atoms with Crippen molar-refractivity contribution in [3.63, 3.8) is 0 Å². The topological polar surface area (TPSA) is 56.4 Å². The Balaban J connectivity index is 1.65. The number of aromatic nitrogens is 4. The van der Waals surface area contributed by atoms with Crippen LogP contribution in [0.5, 0.6) is 0 Å². The second-order valence-corrected chi connectivity index (χ2v) is 7.55. The van der Waals surface area contributed by atoms with Gasteiger partial charge in [0.15, 0.2) is 0 Å². The second-order valence-electron chi connectivity index (χ2n) is 7.12. The summed E-state index contributed by atoms with van der Waals surface area (Å²) in [5.74, 6) is -1.42. The molecule has 1 saturated heterocycles. The van der Waals surface area contributed by atoms with Gasteiger partial charge in [0.05, 0.1) is 35.3 Å². The first-order valence-electron chi connectivity index (χ1n) is 9.58. The normalized spacial score (nSPS) is 17.0. The Morgan fingerprint density at radius 1 is 1.20 bits per heavy atom. The van der Waals surface area contributed by atoms with E-state index in [-0.39, 0.29) is 17.4 Å². The van der Waals surface area contributed by atoms with Crippen molar-refractivity contribution in [2.45, 2.75) is 12.5 Å². The maximum Gasteiger partial charge on any atom is 0.139 e. The third-order valence-electron chi connectivity index (χ3n) is 5.15. The quantitative estimate of drug-likeness (QED) is 0.538. The lowest BCUT2D eigenvalue weighted by atomic mass is 10.0. The van der Waals surface area contributed by atoms with Gasteiger partial charge in [-0.3, -0.25) is 0 Å². The zero-order valence-corrected chi connectivity index (χ0v) is 16.6. The molecule has 3 aromatic heterocycles. The summed E-state index contributed by atoms with van der Waals surface area (Å²) in [7, 11) is 0. The summed E-state index contributed by atoms with van der Waals surface area (Å²) in [6.45, 7) is 2.03. The molecule has 154 valence electrons. The number of ether oxygens (including phenoxy) is 1. The van der Waals surface area contributed by atoms with Crippen molar-refractivity contribution in [3.05, 3.63) is 71.3 Å². The van der Waals surface area contributed by atoms with Gasteiger partial charge in [-0.05, 0) is 12.1 Å². The summed E-state index contributed by atoms with van der Waals surface area (Å²) in [5.41, 5.74) is 1.55. The van der Waals surface area contributed by atoms with E-state index < -0.39 is 11.6 Å². The Kier molecular flexibility index (Phi) is 4.98. The van der Waals surface area contributed by atoms with Crippen molar-refractivity contribution in [1.82, 2.24) is 24.5 Å². The van der Waals surface area contributed by atoms with E-state index in [0.717, 1.165) is 6.54 Å². The van der Waals surface area contributed by atoms with Gasteiger partial charge in [0, 0.05) is 61.3 Å². The molecule has 6 nitrogen and oxygen atoms in total. The van der Waals surface area contributed by atoms with Crippen LogP contribution >= 0.6 is 11.6 Å². The van der Waals surface area contributed by atoms with E-state index >= 15 is 8.78 Å². The standard InChI is InChI=1S/C21H18ClF2N5O/c22-13-2-6-28-18(11-15-12-25-4-7-30-15)21(27-19(28)8-13)20-16(23)9-14(10-17(20)24)29-5-1-3-26-29/h1-3,5-6,8-10,15,25H,4,7,11-12H2. The molecular formula is C21H18ClF2N5O. The van der Waals surface area contributed by atoms with E-state index in [9.17, 15) is 0 Å². The first-order valence-corrected chi connectivity index (χ1v) is 9.96. The maximum atomic E-state index is 15.2. The highest BCUT2D eigenvalue weighted by Gasteiger charge is 2.25. The average Bonchev–Trinajstić information content (AvgIpc) is 3.37. The van der Waals surface area contributed by atoms with E-state index in [1.165, 1.54) is 16.8 Å². The molecule has 30 heavy (non-hydrogen) atoms. The van der Waals surface area contributed by atoms with Gasteiger partial charge in [0.1, 0.15) is 17.3 Å². The zero-order chi connectivity index (χ0) is 20.7. The lowest BCUT2D eigenvalue weighted by molar-refractivity contribution is 0.0286. The van der Waals surface area contributed by atoms with Crippen molar-refractivity contribution >= 4 is 17.2 Å². The SMILES string of the molecule is Fc1cc(-n2cccn2)cc(F)c1-c1nc2cc(Cl)ccn2c1CC1CNCCO1. The molecule has 0 radical (unpaired) electrons. The van der Waals surface area contributed by atoms with Gasteiger partial charge in [0.25, 0.3) is 0 Å². The van der Waals surface area contributed by atoms with Gasteiger partial charge in [-0.15, -0.1) is 0 Å². The van der Waals surface area contributed by atoms with Crippen LogP contribution in [-0.2, 0) is 11.2 Å². The van der Waals surface area contributed by atoms with Crippen LogP contribution in [0.15, 0.2) is 48.9 Å². The minimum absolute atomic E-state index is 0.123. The molecule has 5 rings (SSSR count). The summed E-state index contributed by atoms with van der Waals surface area (Å²) in [5, 5.41) is 7.81. The second kappa shape index (κ2) is 7.79. The third kappa shape index (κ3) is 3.47. The fourth-order valence-electron chi connectivity index (χ4n) is 3.77. The molecule has 1 fully saturated rings. The van der Waals surface area contributed by atoms with Crippen LogP contribution in [0, 0.1) is 11.6 Å². The summed E-state index contributed by atoms with van der Waals surface area (Å²) in [6.07, 6.45) is 5.26. The molecule has 1 N–H and O–H groups in total.